The lowest BCUT2D eigenvalue weighted by Gasteiger charge is -2.15. The van der Waals surface area contributed by atoms with Crippen molar-refractivity contribution in [2.24, 2.45) is 0 Å². The molecular weight excluding hydrogens is 278 g/mol. The summed E-state index contributed by atoms with van der Waals surface area (Å²) in [6.07, 6.45) is 1.46. The molecule has 2 N–H and O–H groups in total. The summed E-state index contributed by atoms with van der Waals surface area (Å²) in [5, 5.41) is 11.4. The Bertz CT molecular complexity index is 491. The number of furan rings is 1. The highest BCUT2D eigenvalue weighted by Gasteiger charge is 2.20. The van der Waals surface area contributed by atoms with E-state index in [9.17, 15) is 9.59 Å². The van der Waals surface area contributed by atoms with Crippen molar-refractivity contribution in [1.82, 2.24) is 5.32 Å². The van der Waals surface area contributed by atoms with Gasteiger partial charge in [-0.3, -0.25) is 4.79 Å². The van der Waals surface area contributed by atoms with Crippen LogP contribution >= 0.6 is 0 Å². The van der Waals surface area contributed by atoms with Crippen molar-refractivity contribution in [1.29, 1.82) is 0 Å². The van der Waals surface area contributed by atoms with E-state index in [4.69, 9.17) is 19.0 Å². The first-order valence-electron chi connectivity index (χ1n) is 6.89. The third-order valence-electron chi connectivity index (χ3n) is 3.23. The molecular formula is C14H19NO6. The molecule has 1 fully saturated rings. The molecule has 1 aliphatic heterocycles. The Labute approximate surface area is 122 Å². The second-order valence-electron chi connectivity index (χ2n) is 4.90. The molecule has 116 valence electrons. The maximum Gasteiger partial charge on any atom is 0.371 e. The van der Waals surface area contributed by atoms with Crippen LogP contribution < -0.4 is 5.32 Å². The lowest BCUT2D eigenvalue weighted by atomic mass is 10.2. The maximum absolute atomic E-state index is 11.8. The van der Waals surface area contributed by atoms with Crippen molar-refractivity contribution >= 4 is 11.9 Å². The lowest BCUT2D eigenvalue weighted by molar-refractivity contribution is -0.134. The molecule has 0 aromatic carbocycles. The number of carboxylic acid groups (broad SMARTS) is 1. The molecule has 7 nitrogen and oxygen atoms in total. The number of hydrogen-bond acceptors (Lipinski definition) is 5. The minimum absolute atomic E-state index is 0.0726. The molecule has 0 radical (unpaired) electrons. The van der Waals surface area contributed by atoms with Crippen LogP contribution in [0, 0.1) is 0 Å². The van der Waals surface area contributed by atoms with Gasteiger partial charge in [0.05, 0.1) is 19.3 Å². The second kappa shape index (κ2) is 7.24. The first-order valence-corrected chi connectivity index (χ1v) is 6.89. The predicted octanol–water partition coefficient (Wildman–Crippen LogP) is 1.18. The Hall–Kier alpha value is -1.86. The summed E-state index contributed by atoms with van der Waals surface area (Å²) in [7, 11) is 0. The second-order valence-corrected chi connectivity index (χ2v) is 4.90. The lowest BCUT2D eigenvalue weighted by Crippen LogP contribution is -2.35. The fourth-order valence-corrected chi connectivity index (χ4v) is 2.01. The number of hydrogen-bond donors (Lipinski definition) is 2. The van der Waals surface area contributed by atoms with Gasteiger partial charge in [0.2, 0.25) is 11.7 Å². The third-order valence-corrected chi connectivity index (χ3v) is 3.23. The SMILES string of the molecule is CC(OCC1CCCO1)C(=O)NCc1ccc(C(=O)O)o1. The van der Waals surface area contributed by atoms with Crippen LogP contribution in [-0.4, -0.2) is 42.4 Å². The summed E-state index contributed by atoms with van der Waals surface area (Å²) in [6, 6.07) is 2.86. The summed E-state index contributed by atoms with van der Waals surface area (Å²) in [5.41, 5.74) is 0. The van der Waals surface area contributed by atoms with E-state index in [1.165, 1.54) is 12.1 Å². The van der Waals surface area contributed by atoms with Crippen LogP contribution in [0.4, 0.5) is 0 Å². The van der Waals surface area contributed by atoms with Gasteiger partial charge in [-0.25, -0.2) is 4.79 Å². The van der Waals surface area contributed by atoms with Crippen LogP contribution in [0.2, 0.25) is 0 Å². The van der Waals surface area contributed by atoms with Crippen molar-refractivity contribution in [3.8, 4) is 0 Å². The molecule has 1 aliphatic rings. The van der Waals surface area contributed by atoms with Crippen LogP contribution in [0.1, 0.15) is 36.1 Å². The quantitative estimate of drug-likeness (QED) is 0.784. The number of ether oxygens (including phenoxy) is 2. The minimum Gasteiger partial charge on any atom is -0.475 e. The Kier molecular flexibility index (Phi) is 5.35. The molecule has 2 heterocycles. The van der Waals surface area contributed by atoms with Crippen LogP contribution in [0.3, 0.4) is 0 Å². The van der Waals surface area contributed by atoms with E-state index in [0.29, 0.717) is 12.4 Å². The van der Waals surface area contributed by atoms with Gasteiger partial charge in [-0.2, -0.15) is 0 Å². The number of amides is 1. The van der Waals surface area contributed by atoms with Crippen LogP contribution in [0.25, 0.3) is 0 Å². The molecule has 21 heavy (non-hydrogen) atoms. The normalized spacial score (nSPS) is 19.4. The van der Waals surface area contributed by atoms with E-state index in [0.717, 1.165) is 19.4 Å². The average Bonchev–Trinajstić information content (AvgIpc) is 3.13. The average molecular weight is 297 g/mol. The summed E-state index contributed by atoms with van der Waals surface area (Å²) in [5.74, 6) is -1.18. The molecule has 2 unspecified atom stereocenters. The number of carbonyl (C=O) groups is 2. The zero-order valence-corrected chi connectivity index (χ0v) is 11.8. The van der Waals surface area contributed by atoms with Crippen molar-refractivity contribution in [2.45, 2.75) is 38.5 Å². The fraction of sp³-hybridized carbons (Fsp3) is 0.571. The Morgan fingerprint density at radius 3 is 2.95 bits per heavy atom. The van der Waals surface area contributed by atoms with E-state index >= 15 is 0 Å². The van der Waals surface area contributed by atoms with Crippen molar-refractivity contribution < 1.29 is 28.6 Å². The zero-order chi connectivity index (χ0) is 15.2. The molecule has 0 saturated carbocycles. The highest BCUT2D eigenvalue weighted by atomic mass is 16.5. The van der Waals surface area contributed by atoms with Crippen molar-refractivity contribution in [2.75, 3.05) is 13.2 Å². The number of aromatic carboxylic acids is 1. The minimum atomic E-state index is -1.14. The molecule has 2 atom stereocenters. The van der Waals surface area contributed by atoms with Crippen molar-refractivity contribution in [3.05, 3.63) is 23.7 Å². The van der Waals surface area contributed by atoms with E-state index in [2.05, 4.69) is 5.32 Å². The summed E-state index contributed by atoms with van der Waals surface area (Å²) in [4.78, 5) is 22.5. The van der Waals surface area contributed by atoms with Crippen LogP contribution in [0.15, 0.2) is 16.5 Å². The number of rotatable bonds is 7. The molecule has 1 aromatic rings. The van der Waals surface area contributed by atoms with Crippen molar-refractivity contribution in [3.63, 3.8) is 0 Å². The summed E-state index contributed by atoms with van der Waals surface area (Å²) >= 11 is 0. The third kappa shape index (κ3) is 4.57. The first-order chi connectivity index (χ1) is 10.1. The van der Waals surface area contributed by atoms with Gasteiger partial charge in [0.15, 0.2) is 0 Å². The molecule has 1 amide bonds. The topological polar surface area (TPSA) is 98.0 Å². The number of carboxylic acids is 1. The predicted molar refractivity (Wildman–Crippen MR) is 71.9 cm³/mol. The smallest absolute Gasteiger partial charge is 0.371 e. The fourth-order valence-electron chi connectivity index (χ4n) is 2.01. The Morgan fingerprint density at radius 2 is 2.33 bits per heavy atom. The molecule has 0 spiro atoms. The van der Waals surface area contributed by atoms with E-state index in [1.54, 1.807) is 6.92 Å². The molecule has 1 saturated heterocycles. The highest BCUT2D eigenvalue weighted by Crippen LogP contribution is 2.13. The van der Waals surface area contributed by atoms with Gasteiger partial charge in [-0.15, -0.1) is 0 Å². The van der Waals surface area contributed by atoms with Gasteiger partial charge in [0, 0.05) is 6.61 Å². The van der Waals surface area contributed by atoms with Gasteiger partial charge in [-0.05, 0) is 31.9 Å². The molecule has 0 bridgehead atoms. The summed E-state index contributed by atoms with van der Waals surface area (Å²) < 4.78 is 15.9. The highest BCUT2D eigenvalue weighted by molar-refractivity contribution is 5.84. The van der Waals surface area contributed by atoms with Gasteiger partial charge in [0.1, 0.15) is 11.9 Å². The maximum atomic E-state index is 11.8. The molecule has 2 rings (SSSR count). The Balaban J connectivity index is 1.71. The monoisotopic (exact) mass is 297 g/mol. The van der Waals surface area contributed by atoms with Crippen LogP contribution in [-0.2, 0) is 20.8 Å². The molecule has 7 heteroatoms. The van der Waals surface area contributed by atoms with E-state index < -0.39 is 12.1 Å². The summed E-state index contributed by atoms with van der Waals surface area (Å²) in [6.45, 7) is 2.94. The van der Waals surface area contributed by atoms with Gasteiger partial charge >= 0.3 is 5.97 Å². The molecule has 1 aromatic heterocycles. The molecule has 0 aliphatic carbocycles. The zero-order valence-electron chi connectivity index (χ0n) is 11.8. The number of carbonyl (C=O) groups excluding carboxylic acids is 1. The van der Waals surface area contributed by atoms with E-state index in [-0.39, 0.29) is 24.3 Å². The van der Waals surface area contributed by atoms with E-state index in [1.807, 2.05) is 0 Å². The first kappa shape index (κ1) is 15.5. The van der Waals surface area contributed by atoms with Gasteiger partial charge in [0.25, 0.3) is 0 Å². The standard InChI is InChI=1S/C14H19NO6/c1-9(20-8-11-3-2-6-19-11)13(16)15-7-10-4-5-12(21-10)14(17)18/h4-5,9,11H,2-3,6-8H2,1H3,(H,15,16)(H,17,18). The van der Waals surface area contributed by atoms with Gasteiger partial charge in [-0.1, -0.05) is 0 Å². The van der Waals surface area contributed by atoms with Gasteiger partial charge < -0.3 is 24.3 Å². The number of nitrogens with one attached hydrogen (secondary N) is 1. The largest absolute Gasteiger partial charge is 0.475 e. The Morgan fingerprint density at radius 1 is 1.52 bits per heavy atom. The van der Waals surface area contributed by atoms with Crippen LogP contribution in [0.5, 0.6) is 0 Å².